The molecule has 7 nitrogen and oxygen atoms in total. The molecule has 3 fully saturated rings. The van der Waals surface area contributed by atoms with Gasteiger partial charge in [-0.2, -0.15) is 0 Å². The SMILES string of the molecule is CO.[CH2-]/C=C/CC1CCC2C1(C)CC[C@@H]1C3(C)CCC(OC(=O)CNc4nc5ccc(Sc6ccccc6)cc5[nH]4)CC3C=C[C@]21O.[Pr]. The predicted octanol–water partition coefficient (Wildman–Crippen LogP) is 7.98. The van der Waals surface area contributed by atoms with Gasteiger partial charge in [0, 0.05) is 58.2 Å². The van der Waals surface area contributed by atoms with Crippen molar-refractivity contribution < 1.29 is 61.0 Å². The fourth-order valence-electron chi connectivity index (χ4n) is 9.70. The van der Waals surface area contributed by atoms with E-state index in [1.54, 1.807) is 11.8 Å². The molecule has 0 amide bonds. The molecule has 4 aliphatic carbocycles. The summed E-state index contributed by atoms with van der Waals surface area (Å²) < 4.78 is 6.01. The van der Waals surface area contributed by atoms with Crippen molar-refractivity contribution in [1.82, 2.24) is 9.97 Å². The number of carbonyl (C=O) groups is 1. The van der Waals surface area contributed by atoms with Crippen LogP contribution in [-0.2, 0) is 9.53 Å². The number of nitrogens with zero attached hydrogens (tertiary/aromatic N) is 1. The first-order chi connectivity index (χ1) is 22.7. The van der Waals surface area contributed by atoms with Crippen LogP contribution in [0.2, 0.25) is 0 Å². The number of aromatic amines is 1. The molecule has 1 heterocycles. The summed E-state index contributed by atoms with van der Waals surface area (Å²) in [5, 5.41) is 22.5. The standard InChI is InChI=1S/C38H46N3O3S.CH4O.Pr/c1-4-5-9-25-12-15-32-36(25,2)20-18-33-37(3)19-17-27(22-26(37)16-21-38(32,33)43)44-34(42)24-39-35-40-30-14-13-29(23-31(30)41-35)45-28-10-7-6-8-11-28;1-2;/h4-8,10-11,13-14,16,21,23,25-27,32-33,43H,1,9,12,15,17-20,22,24H2,2-3H3,(H2,39,40,41);2H,1H3;/q-1;;/b5-4+;;/t25?,26?,27?,32?,33-,36?,37?,38+;;/m1../s1. The van der Waals surface area contributed by atoms with Gasteiger partial charge >= 0.3 is 5.97 Å². The van der Waals surface area contributed by atoms with E-state index < -0.39 is 5.60 Å². The molecule has 1 radical (unpaired) electrons. The number of aromatic nitrogens is 2. The zero-order chi connectivity index (χ0) is 33.2. The number of allylic oxidation sites excluding steroid dienone is 3. The van der Waals surface area contributed by atoms with Crippen molar-refractivity contribution in [3.63, 3.8) is 0 Å². The van der Waals surface area contributed by atoms with Gasteiger partial charge in [0.1, 0.15) is 12.6 Å². The van der Waals surface area contributed by atoms with Crippen LogP contribution in [0.15, 0.2) is 82.6 Å². The van der Waals surface area contributed by atoms with Crippen molar-refractivity contribution >= 4 is 34.7 Å². The van der Waals surface area contributed by atoms with Crippen LogP contribution in [0.1, 0.15) is 65.2 Å². The molecule has 1 aromatic heterocycles. The number of hydrogen-bond acceptors (Lipinski definition) is 7. The monoisotopic (exact) mass is 797 g/mol. The maximum atomic E-state index is 12.9. The second kappa shape index (κ2) is 15.6. The minimum Gasteiger partial charge on any atom is -0.461 e. The third kappa shape index (κ3) is 7.16. The van der Waals surface area contributed by atoms with Crippen molar-refractivity contribution in [3.8, 4) is 0 Å². The smallest absolute Gasteiger partial charge is 0.325 e. The molecule has 4 N–H and O–H groups in total. The van der Waals surface area contributed by atoms with E-state index in [0.717, 1.165) is 61.6 Å². The minimum absolute atomic E-state index is 0. The normalized spacial score (nSPS) is 33.5. The number of carbonyl (C=O) groups excluding carboxylic acids is 1. The van der Waals surface area contributed by atoms with Crippen molar-refractivity contribution in [1.29, 1.82) is 0 Å². The van der Waals surface area contributed by atoms with Crippen molar-refractivity contribution in [2.24, 2.45) is 34.5 Å². The topological polar surface area (TPSA) is 107 Å². The van der Waals surface area contributed by atoms with Gasteiger partial charge < -0.3 is 25.3 Å². The first-order valence-corrected chi connectivity index (χ1v) is 18.0. The van der Waals surface area contributed by atoms with E-state index in [1.165, 1.54) is 17.7 Å². The number of benzene rings is 2. The Labute approximate surface area is 323 Å². The van der Waals surface area contributed by atoms with Gasteiger partial charge in [0.25, 0.3) is 0 Å². The molecular weight excluding hydrogens is 747 g/mol. The summed E-state index contributed by atoms with van der Waals surface area (Å²) in [6.45, 7) is 8.78. The number of ether oxygens (including phenoxy) is 1. The third-order valence-electron chi connectivity index (χ3n) is 12.1. The predicted molar refractivity (Wildman–Crippen MR) is 189 cm³/mol. The minimum atomic E-state index is -0.748. The summed E-state index contributed by atoms with van der Waals surface area (Å²) >= 11 is 1.70. The molecule has 4 aliphatic rings. The van der Waals surface area contributed by atoms with Crippen LogP contribution >= 0.6 is 11.8 Å². The number of nitrogens with one attached hydrogen (secondary N) is 2. The largest absolute Gasteiger partial charge is 0.461 e. The van der Waals surface area contributed by atoms with Gasteiger partial charge in [-0.25, -0.2) is 24.1 Å². The average Bonchev–Trinajstić information content (AvgIpc) is 3.64. The molecule has 9 heteroatoms. The third-order valence-corrected chi connectivity index (χ3v) is 13.1. The first kappa shape index (κ1) is 37.4. The summed E-state index contributed by atoms with van der Waals surface area (Å²) in [7, 11) is 1.00. The fourth-order valence-corrected chi connectivity index (χ4v) is 10.6. The van der Waals surface area contributed by atoms with Gasteiger partial charge in [-0.1, -0.05) is 68.8 Å². The molecule has 8 atom stereocenters. The van der Waals surface area contributed by atoms with Gasteiger partial charge in [-0.05, 0) is 103 Å². The van der Waals surface area contributed by atoms with Crippen LogP contribution in [0.25, 0.3) is 11.0 Å². The maximum Gasteiger partial charge on any atom is 0.325 e. The van der Waals surface area contributed by atoms with E-state index in [1.807, 2.05) is 30.3 Å². The van der Waals surface area contributed by atoms with E-state index in [-0.39, 0.29) is 76.7 Å². The zero-order valence-electron chi connectivity index (χ0n) is 28.5. The summed E-state index contributed by atoms with van der Waals surface area (Å²) in [6, 6.07) is 16.4. The molecule has 0 aliphatic heterocycles. The van der Waals surface area contributed by atoms with Crippen LogP contribution in [0.4, 0.5) is 5.95 Å². The molecule has 0 spiro atoms. The van der Waals surface area contributed by atoms with Crippen LogP contribution in [0, 0.1) is 82.7 Å². The Balaban J connectivity index is 0.00000148. The molecular formula is C39H50N3O4PrS-. The second-order valence-corrected chi connectivity index (χ2v) is 15.6. The average molecular weight is 798 g/mol. The van der Waals surface area contributed by atoms with Crippen molar-refractivity contribution in [2.75, 3.05) is 19.0 Å². The van der Waals surface area contributed by atoms with Crippen LogP contribution < -0.4 is 5.32 Å². The van der Waals surface area contributed by atoms with Crippen LogP contribution in [0.5, 0.6) is 0 Å². The Kier molecular flexibility index (Phi) is 12.2. The van der Waals surface area contributed by atoms with Crippen molar-refractivity contribution in [2.45, 2.75) is 86.7 Å². The summed E-state index contributed by atoms with van der Waals surface area (Å²) in [5.41, 5.74) is 1.21. The summed E-state index contributed by atoms with van der Waals surface area (Å²) in [4.78, 5) is 23.2. The molecule has 3 saturated carbocycles. The molecule has 2 aromatic carbocycles. The number of imidazole rings is 1. The second-order valence-electron chi connectivity index (χ2n) is 14.4. The Bertz CT molecular complexity index is 1610. The number of aliphatic hydroxyl groups excluding tert-OH is 1. The summed E-state index contributed by atoms with van der Waals surface area (Å²) in [6.07, 6.45) is 16.7. The van der Waals surface area contributed by atoms with Crippen molar-refractivity contribution in [3.05, 3.63) is 79.8 Å². The van der Waals surface area contributed by atoms with Gasteiger partial charge in [0.2, 0.25) is 5.95 Å². The molecule has 6 unspecified atom stereocenters. The van der Waals surface area contributed by atoms with Gasteiger partial charge in [-0.3, -0.25) is 4.79 Å². The van der Waals surface area contributed by atoms with Gasteiger partial charge in [0.15, 0.2) is 0 Å². The Morgan fingerprint density at radius 3 is 2.58 bits per heavy atom. The Hall–Kier alpha value is -1.84. The molecule has 0 bridgehead atoms. The number of rotatable bonds is 8. The number of esters is 1. The summed E-state index contributed by atoms with van der Waals surface area (Å²) in [5.74, 6) is 1.77. The van der Waals surface area contributed by atoms with E-state index >= 15 is 0 Å². The molecule has 3 aromatic rings. The van der Waals surface area contributed by atoms with Gasteiger partial charge in [0.05, 0.1) is 16.6 Å². The van der Waals surface area contributed by atoms with Gasteiger partial charge in [-0.15, -0.1) is 0 Å². The molecule has 48 heavy (non-hydrogen) atoms. The zero-order valence-corrected chi connectivity index (χ0v) is 33.1. The Morgan fingerprint density at radius 2 is 1.81 bits per heavy atom. The van der Waals surface area contributed by atoms with E-state index in [0.29, 0.717) is 23.7 Å². The number of fused-ring (bicyclic) bond motifs is 6. The quantitative estimate of drug-likeness (QED) is 0.104. The fraction of sp³-hybridized carbons (Fsp3) is 0.513. The van der Waals surface area contributed by atoms with E-state index in [4.69, 9.17) is 9.84 Å². The maximum absolute atomic E-state index is 12.9. The Morgan fingerprint density at radius 1 is 1.06 bits per heavy atom. The number of hydrogen-bond donors (Lipinski definition) is 4. The molecule has 255 valence electrons. The molecule has 7 rings (SSSR count). The van der Waals surface area contributed by atoms with E-state index in [9.17, 15) is 9.90 Å². The molecule has 0 saturated heterocycles. The van der Waals surface area contributed by atoms with Crippen LogP contribution in [0.3, 0.4) is 0 Å². The number of anilines is 1. The number of aliphatic hydroxyl groups is 2. The number of H-pyrrole nitrogens is 1. The first-order valence-electron chi connectivity index (χ1n) is 17.2. The van der Waals surface area contributed by atoms with Crippen LogP contribution in [-0.4, -0.2) is 51.5 Å². The van der Waals surface area contributed by atoms with E-state index in [2.05, 4.69) is 78.5 Å².